The van der Waals surface area contributed by atoms with E-state index in [-0.39, 0.29) is 12.0 Å². The zero-order chi connectivity index (χ0) is 18.2. The van der Waals surface area contributed by atoms with Gasteiger partial charge in [-0.2, -0.15) is 0 Å². The fourth-order valence-corrected chi connectivity index (χ4v) is 4.54. The van der Waals surface area contributed by atoms with E-state index in [4.69, 9.17) is 9.47 Å². The zero-order valence-electron chi connectivity index (χ0n) is 15.8. The molecule has 138 valence electrons. The number of methoxy groups -OCH3 is 2. The number of hydrogen-bond donors (Lipinski definition) is 1. The Bertz CT molecular complexity index is 646. The third kappa shape index (κ3) is 3.04. The van der Waals surface area contributed by atoms with Crippen LogP contribution in [-0.4, -0.2) is 50.1 Å². The van der Waals surface area contributed by atoms with E-state index in [2.05, 4.69) is 30.5 Å². The van der Waals surface area contributed by atoms with Gasteiger partial charge in [0.15, 0.2) is 11.5 Å². The second-order valence-electron chi connectivity index (χ2n) is 7.70. The van der Waals surface area contributed by atoms with Crippen LogP contribution in [0.2, 0.25) is 0 Å². The van der Waals surface area contributed by atoms with Gasteiger partial charge in [0.1, 0.15) is 5.66 Å². The van der Waals surface area contributed by atoms with Crippen LogP contribution in [0.15, 0.2) is 17.1 Å². The van der Waals surface area contributed by atoms with E-state index in [0.717, 1.165) is 37.2 Å². The maximum absolute atomic E-state index is 10.8. The summed E-state index contributed by atoms with van der Waals surface area (Å²) in [6.07, 6.45) is 2.18. The average Bonchev–Trinajstić information content (AvgIpc) is 2.60. The molecule has 25 heavy (non-hydrogen) atoms. The highest BCUT2D eigenvalue weighted by molar-refractivity contribution is 5.52. The van der Waals surface area contributed by atoms with Crippen molar-refractivity contribution in [3.8, 4) is 11.5 Å². The van der Waals surface area contributed by atoms with Crippen LogP contribution in [0.25, 0.3) is 0 Å². The maximum atomic E-state index is 10.8. The molecule has 1 fully saturated rings. The van der Waals surface area contributed by atoms with Crippen LogP contribution in [0, 0.1) is 11.8 Å². The van der Waals surface area contributed by atoms with Gasteiger partial charge in [0, 0.05) is 25.1 Å². The third-order valence-corrected chi connectivity index (χ3v) is 5.74. The lowest BCUT2D eigenvalue weighted by Crippen LogP contribution is -2.58. The molecule has 0 radical (unpaired) electrons. The predicted octanol–water partition coefficient (Wildman–Crippen LogP) is 2.84. The molecule has 3 rings (SSSR count). The number of nitrogens with zero attached hydrogens (tertiary/aromatic N) is 2. The maximum Gasteiger partial charge on any atom is 0.161 e. The zero-order valence-corrected chi connectivity index (χ0v) is 15.8. The van der Waals surface area contributed by atoms with Gasteiger partial charge in [-0.15, -0.1) is 0 Å². The largest absolute Gasteiger partial charge is 0.493 e. The number of piperidine rings is 1. The van der Waals surface area contributed by atoms with Crippen LogP contribution >= 0.6 is 0 Å². The van der Waals surface area contributed by atoms with Crippen molar-refractivity contribution in [1.82, 2.24) is 4.90 Å². The first-order valence-corrected chi connectivity index (χ1v) is 9.11. The molecule has 0 amide bonds. The minimum atomic E-state index is -0.569. The smallest absolute Gasteiger partial charge is 0.161 e. The topological polar surface area (TPSA) is 54.3 Å². The minimum absolute atomic E-state index is 0.288. The van der Waals surface area contributed by atoms with Gasteiger partial charge in [0.25, 0.3) is 0 Å². The monoisotopic (exact) mass is 346 g/mol. The quantitative estimate of drug-likeness (QED) is 0.833. The normalized spacial score (nSPS) is 29.0. The van der Waals surface area contributed by atoms with Crippen LogP contribution in [0.1, 0.15) is 37.8 Å². The van der Waals surface area contributed by atoms with Crippen molar-refractivity contribution in [2.75, 3.05) is 27.3 Å². The van der Waals surface area contributed by atoms with E-state index in [9.17, 15) is 5.11 Å². The van der Waals surface area contributed by atoms with Crippen LogP contribution in [-0.2, 0) is 12.1 Å². The van der Waals surface area contributed by atoms with Gasteiger partial charge in [-0.25, -0.2) is 0 Å². The Morgan fingerprint density at radius 3 is 2.60 bits per heavy atom. The summed E-state index contributed by atoms with van der Waals surface area (Å²) in [5, 5.41) is 10.8. The van der Waals surface area contributed by atoms with Crippen LogP contribution in [0.4, 0.5) is 0 Å². The Balaban J connectivity index is 2.02. The van der Waals surface area contributed by atoms with Gasteiger partial charge in [0.05, 0.1) is 20.3 Å². The van der Waals surface area contributed by atoms with Crippen molar-refractivity contribution in [2.45, 2.75) is 44.9 Å². The average molecular weight is 346 g/mol. The Labute approximate surface area is 150 Å². The lowest BCUT2D eigenvalue weighted by Gasteiger charge is -2.52. The molecule has 1 aromatic carbocycles. The summed E-state index contributed by atoms with van der Waals surface area (Å²) in [6, 6.07) is 4.07. The van der Waals surface area contributed by atoms with E-state index < -0.39 is 5.66 Å². The number of ether oxygens (including phenoxy) is 2. The summed E-state index contributed by atoms with van der Waals surface area (Å²) in [4.78, 5) is 6.95. The molecule has 0 aromatic heterocycles. The molecular weight excluding hydrogens is 316 g/mol. The number of fused-ring (bicyclic) bond motifs is 3. The van der Waals surface area contributed by atoms with Crippen molar-refractivity contribution in [3.63, 3.8) is 0 Å². The Morgan fingerprint density at radius 2 is 2.00 bits per heavy atom. The van der Waals surface area contributed by atoms with Gasteiger partial charge >= 0.3 is 0 Å². The number of aliphatic hydroxyl groups excluding tert-OH is 1. The first kappa shape index (κ1) is 18.2. The molecule has 2 aliphatic rings. The highest BCUT2D eigenvalue weighted by atomic mass is 16.5. The van der Waals surface area contributed by atoms with Crippen molar-refractivity contribution in [2.24, 2.45) is 16.8 Å². The molecule has 0 aliphatic carbocycles. The number of benzene rings is 1. The van der Waals surface area contributed by atoms with Crippen molar-refractivity contribution >= 4 is 6.72 Å². The standard InChI is InChI=1S/C20H30N2O3/c1-13(2)8-15-12-22-7-6-14-9-18(24-4)19(25-5)10-16(14)20(22,21-3)11-17(15)23/h9-10,13,15,17,23H,3,6-8,11-12H2,1-2,4-5H3/t15-,17+,20-/m0/s1. The molecule has 0 saturated carbocycles. The summed E-state index contributed by atoms with van der Waals surface area (Å²) in [5.74, 6) is 2.30. The molecule has 1 saturated heterocycles. The van der Waals surface area contributed by atoms with E-state index in [1.807, 2.05) is 12.1 Å². The Hall–Kier alpha value is -1.59. The number of hydrogen-bond acceptors (Lipinski definition) is 5. The lowest BCUT2D eigenvalue weighted by atomic mass is 9.75. The highest BCUT2D eigenvalue weighted by Gasteiger charge is 2.49. The second kappa shape index (κ2) is 6.96. The van der Waals surface area contributed by atoms with E-state index in [1.54, 1.807) is 14.2 Å². The summed E-state index contributed by atoms with van der Waals surface area (Å²) in [6.45, 7) is 10.1. The molecule has 3 atom stereocenters. The molecule has 5 heteroatoms. The molecule has 0 bridgehead atoms. The fourth-order valence-electron chi connectivity index (χ4n) is 4.54. The van der Waals surface area contributed by atoms with Crippen molar-refractivity contribution in [1.29, 1.82) is 0 Å². The lowest BCUT2D eigenvalue weighted by molar-refractivity contribution is -0.0688. The van der Waals surface area contributed by atoms with E-state index >= 15 is 0 Å². The second-order valence-corrected chi connectivity index (χ2v) is 7.70. The number of aliphatic imine (C=N–C) groups is 1. The van der Waals surface area contributed by atoms with Crippen molar-refractivity contribution < 1.29 is 14.6 Å². The SMILES string of the molecule is C=N[C@@]12C[C@@H](O)[C@@H](CC(C)C)CN1CCc1cc(OC)c(OC)cc12. The van der Waals surface area contributed by atoms with Crippen LogP contribution in [0.5, 0.6) is 11.5 Å². The van der Waals surface area contributed by atoms with Crippen molar-refractivity contribution in [3.05, 3.63) is 23.3 Å². The molecular formula is C20H30N2O3. The minimum Gasteiger partial charge on any atom is -0.493 e. The first-order chi connectivity index (χ1) is 11.9. The van der Waals surface area contributed by atoms with Crippen LogP contribution in [0.3, 0.4) is 0 Å². The molecule has 2 heterocycles. The summed E-state index contributed by atoms with van der Waals surface area (Å²) < 4.78 is 11.0. The summed E-state index contributed by atoms with van der Waals surface area (Å²) >= 11 is 0. The highest BCUT2D eigenvalue weighted by Crippen LogP contribution is 2.48. The molecule has 5 nitrogen and oxygen atoms in total. The Morgan fingerprint density at radius 1 is 1.32 bits per heavy atom. The van der Waals surface area contributed by atoms with Gasteiger partial charge in [-0.1, -0.05) is 13.8 Å². The molecule has 0 unspecified atom stereocenters. The number of rotatable bonds is 5. The van der Waals surface area contributed by atoms with Gasteiger partial charge in [-0.3, -0.25) is 9.89 Å². The summed E-state index contributed by atoms with van der Waals surface area (Å²) in [7, 11) is 3.30. The predicted molar refractivity (Wildman–Crippen MR) is 99.6 cm³/mol. The molecule has 1 N–H and O–H groups in total. The molecule has 2 aliphatic heterocycles. The van der Waals surface area contributed by atoms with E-state index in [0.29, 0.717) is 18.1 Å². The third-order valence-electron chi connectivity index (χ3n) is 5.74. The van der Waals surface area contributed by atoms with Gasteiger partial charge < -0.3 is 14.6 Å². The van der Waals surface area contributed by atoms with Gasteiger partial charge in [0.2, 0.25) is 0 Å². The van der Waals surface area contributed by atoms with E-state index in [1.165, 1.54) is 5.56 Å². The summed E-state index contributed by atoms with van der Waals surface area (Å²) in [5.41, 5.74) is 1.73. The Kier molecular flexibility index (Phi) is 5.07. The first-order valence-electron chi connectivity index (χ1n) is 9.11. The molecule has 1 aromatic rings. The number of aliphatic hydroxyl groups is 1. The fraction of sp³-hybridized carbons (Fsp3) is 0.650. The van der Waals surface area contributed by atoms with Gasteiger partial charge in [-0.05, 0) is 49.1 Å². The van der Waals surface area contributed by atoms with Crippen LogP contribution < -0.4 is 9.47 Å². The molecule has 0 spiro atoms.